The normalized spacial score (nSPS) is 19.9. The number of rotatable bonds is 4. The quantitative estimate of drug-likeness (QED) is 0.867. The van der Waals surface area contributed by atoms with Crippen molar-refractivity contribution in [3.05, 3.63) is 27.7 Å². The number of aryl methyl sites for hydroxylation is 3. The lowest BCUT2D eigenvalue weighted by atomic mass is 10.2. The Balaban J connectivity index is 1.67. The lowest BCUT2D eigenvalue weighted by Gasteiger charge is -2.23. The second kappa shape index (κ2) is 5.61. The van der Waals surface area contributed by atoms with Crippen LogP contribution in [0.1, 0.15) is 34.4 Å². The summed E-state index contributed by atoms with van der Waals surface area (Å²) in [7, 11) is 0. The summed E-state index contributed by atoms with van der Waals surface area (Å²) in [6, 6.07) is 0.567. The predicted molar refractivity (Wildman–Crippen MR) is 79.8 cm³/mol. The van der Waals surface area contributed by atoms with Crippen molar-refractivity contribution in [1.82, 2.24) is 24.6 Å². The van der Waals surface area contributed by atoms with Crippen molar-refractivity contribution < 1.29 is 0 Å². The van der Waals surface area contributed by atoms with Gasteiger partial charge in [-0.2, -0.15) is 5.10 Å². The molecule has 1 saturated heterocycles. The average molecular weight is 291 g/mol. The molecular weight excluding hydrogens is 270 g/mol. The zero-order chi connectivity index (χ0) is 14.1. The Morgan fingerprint density at radius 3 is 2.85 bits per heavy atom. The van der Waals surface area contributed by atoms with E-state index >= 15 is 0 Å². The molecule has 0 N–H and O–H groups in total. The van der Waals surface area contributed by atoms with Gasteiger partial charge in [-0.3, -0.25) is 4.90 Å². The van der Waals surface area contributed by atoms with Crippen LogP contribution in [-0.2, 0) is 13.1 Å². The van der Waals surface area contributed by atoms with Gasteiger partial charge in [-0.15, -0.1) is 11.3 Å². The maximum atomic E-state index is 4.49. The average Bonchev–Trinajstić information content (AvgIpc) is 3.05. The molecule has 108 valence electrons. The number of hydrogen-bond acceptors (Lipinski definition) is 5. The van der Waals surface area contributed by atoms with Gasteiger partial charge in [0.15, 0.2) is 0 Å². The summed E-state index contributed by atoms with van der Waals surface area (Å²) in [6.45, 7) is 9.20. The summed E-state index contributed by atoms with van der Waals surface area (Å²) in [6.07, 6.45) is 4.53. The molecule has 0 aliphatic carbocycles. The van der Waals surface area contributed by atoms with Gasteiger partial charge in [-0.25, -0.2) is 14.6 Å². The largest absolute Gasteiger partial charge is 0.293 e. The monoisotopic (exact) mass is 291 g/mol. The molecular formula is C14H21N5S. The molecule has 0 bridgehead atoms. The van der Waals surface area contributed by atoms with E-state index in [4.69, 9.17) is 0 Å². The topological polar surface area (TPSA) is 46.8 Å². The number of hydrogen-bond donors (Lipinski definition) is 0. The Bertz CT molecular complexity index is 588. The molecule has 3 heterocycles. The van der Waals surface area contributed by atoms with Crippen molar-refractivity contribution in [2.24, 2.45) is 0 Å². The molecule has 0 amide bonds. The number of likely N-dealkylation sites (tertiary alicyclic amines) is 1. The van der Waals surface area contributed by atoms with E-state index in [1.807, 2.05) is 20.0 Å². The molecule has 1 aliphatic heterocycles. The number of thiazole rings is 1. The van der Waals surface area contributed by atoms with Gasteiger partial charge < -0.3 is 0 Å². The summed E-state index contributed by atoms with van der Waals surface area (Å²) < 4.78 is 2.05. The van der Waals surface area contributed by atoms with Crippen LogP contribution in [0.2, 0.25) is 0 Å². The van der Waals surface area contributed by atoms with Gasteiger partial charge >= 0.3 is 0 Å². The van der Waals surface area contributed by atoms with Crippen LogP contribution in [0, 0.1) is 20.8 Å². The molecule has 0 saturated carbocycles. The predicted octanol–water partition coefficient (Wildman–Crippen LogP) is 2.32. The zero-order valence-electron chi connectivity index (χ0n) is 12.3. The van der Waals surface area contributed by atoms with Gasteiger partial charge in [0, 0.05) is 23.7 Å². The van der Waals surface area contributed by atoms with E-state index in [2.05, 4.69) is 31.6 Å². The smallest absolute Gasteiger partial charge is 0.147 e. The van der Waals surface area contributed by atoms with Crippen molar-refractivity contribution in [3.63, 3.8) is 0 Å². The Hall–Kier alpha value is -1.27. The van der Waals surface area contributed by atoms with Gasteiger partial charge in [0.1, 0.15) is 11.6 Å². The Morgan fingerprint density at radius 1 is 1.35 bits per heavy atom. The van der Waals surface area contributed by atoms with Crippen molar-refractivity contribution in [3.8, 4) is 0 Å². The number of nitrogens with zero attached hydrogens (tertiary/aromatic N) is 5. The first-order valence-electron chi connectivity index (χ1n) is 7.15. The van der Waals surface area contributed by atoms with Crippen molar-refractivity contribution in [1.29, 1.82) is 0 Å². The molecule has 2 aromatic heterocycles. The van der Waals surface area contributed by atoms with E-state index in [0.29, 0.717) is 6.04 Å². The van der Waals surface area contributed by atoms with Crippen LogP contribution in [-0.4, -0.2) is 37.2 Å². The maximum Gasteiger partial charge on any atom is 0.147 e. The van der Waals surface area contributed by atoms with Gasteiger partial charge in [0.05, 0.1) is 11.6 Å². The molecule has 2 aromatic rings. The Kier molecular flexibility index (Phi) is 3.85. The fraction of sp³-hybridized carbons (Fsp3) is 0.643. The molecule has 1 aliphatic rings. The Labute approximate surface area is 123 Å². The Morgan fingerprint density at radius 2 is 2.20 bits per heavy atom. The highest BCUT2D eigenvalue weighted by Gasteiger charge is 2.26. The first-order valence-corrected chi connectivity index (χ1v) is 7.97. The first-order chi connectivity index (χ1) is 9.61. The van der Waals surface area contributed by atoms with Crippen LogP contribution in [0.4, 0.5) is 0 Å². The molecule has 20 heavy (non-hydrogen) atoms. The standard InChI is InChI=1S/C14H21N5S/c1-10-16-11(2)19(17-10)8-13-5-4-6-18(13)9-14-7-15-12(3)20-14/h7,13H,4-6,8-9H2,1-3H3/t13-/m0/s1. The molecule has 6 heteroatoms. The van der Waals surface area contributed by atoms with Crippen molar-refractivity contribution in [2.75, 3.05) is 6.54 Å². The lowest BCUT2D eigenvalue weighted by molar-refractivity contribution is 0.219. The lowest BCUT2D eigenvalue weighted by Crippen LogP contribution is -2.32. The van der Waals surface area contributed by atoms with Gasteiger partial charge in [-0.05, 0) is 40.2 Å². The van der Waals surface area contributed by atoms with E-state index in [9.17, 15) is 0 Å². The van der Waals surface area contributed by atoms with Crippen LogP contribution in [0.5, 0.6) is 0 Å². The second-order valence-corrected chi connectivity index (χ2v) is 6.82. The molecule has 0 unspecified atom stereocenters. The fourth-order valence-electron chi connectivity index (χ4n) is 2.92. The zero-order valence-corrected chi connectivity index (χ0v) is 13.2. The van der Waals surface area contributed by atoms with Crippen LogP contribution in [0.15, 0.2) is 6.20 Å². The third-order valence-corrected chi connectivity index (χ3v) is 4.77. The highest BCUT2D eigenvalue weighted by Crippen LogP contribution is 2.23. The minimum Gasteiger partial charge on any atom is -0.293 e. The summed E-state index contributed by atoms with van der Waals surface area (Å²) in [4.78, 5) is 12.7. The summed E-state index contributed by atoms with van der Waals surface area (Å²) in [5.74, 6) is 1.88. The SMILES string of the molecule is Cc1nc(C)n(C[C@@H]2CCCN2Cc2cnc(C)s2)n1. The van der Waals surface area contributed by atoms with E-state index in [1.54, 1.807) is 11.3 Å². The molecule has 0 aromatic carbocycles. The third-order valence-electron chi connectivity index (χ3n) is 3.87. The van der Waals surface area contributed by atoms with Crippen molar-refractivity contribution in [2.45, 2.75) is 52.7 Å². The summed E-state index contributed by atoms with van der Waals surface area (Å²) >= 11 is 1.80. The number of aromatic nitrogens is 4. The van der Waals surface area contributed by atoms with Crippen LogP contribution < -0.4 is 0 Å². The molecule has 5 nitrogen and oxygen atoms in total. The molecule has 1 atom stereocenters. The molecule has 0 radical (unpaired) electrons. The van der Waals surface area contributed by atoms with E-state index < -0.39 is 0 Å². The highest BCUT2D eigenvalue weighted by molar-refractivity contribution is 7.11. The van der Waals surface area contributed by atoms with Crippen molar-refractivity contribution >= 4 is 11.3 Å². The maximum absolute atomic E-state index is 4.49. The second-order valence-electron chi connectivity index (χ2n) is 5.50. The molecule has 0 spiro atoms. The van der Waals surface area contributed by atoms with E-state index in [-0.39, 0.29) is 0 Å². The van der Waals surface area contributed by atoms with E-state index in [0.717, 1.165) is 29.7 Å². The summed E-state index contributed by atoms with van der Waals surface area (Å²) in [5, 5.41) is 5.64. The molecule has 1 fully saturated rings. The van der Waals surface area contributed by atoms with Gasteiger partial charge in [-0.1, -0.05) is 0 Å². The first kappa shape index (κ1) is 13.7. The summed E-state index contributed by atoms with van der Waals surface area (Å²) in [5.41, 5.74) is 0. The minimum atomic E-state index is 0.567. The van der Waals surface area contributed by atoms with Crippen LogP contribution >= 0.6 is 11.3 Å². The fourth-order valence-corrected chi connectivity index (χ4v) is 3.74. The van der Waals surface area contributed by atoms with Gasteiger partial charge in [0.25, 0.3) is 0 Å². The molecule has 3 rings (SSSR count). The van der Waals surface area contributed by atoms with Crippen LogP contribution in [0.3, 0.4) is 0 Å². The van der Waals surface area contributed by atoms with Crippen LogP contribution in [0.25, 0.3) is 0 Å². The van der Waals surface area contributed by atoms with E-state index in [1.165, 1.54) is 24.3 Å². The highest BCUT2D eigenvalue weighted by atomic mass is 32.1. The third kappa shape index (κ3) is 2.91. The minimum absolute atomic E-state index is 0.567. The van der Waals surface area contributed by atoms with Gasteiger partial charge in [0.2, 0.25) is 0 Å².